The van der Waals surface area contributed by atoms with Crippen LogP contribution in [0.5, 0.6) is 0 Å². The highest BCUT2D eigenvalue weighted by Gasteiger charge is 2.34. The summed E-state index contributed by atoms with van der Waals surface area (Å²) in [5.74, 6) is -0.0525. The van der Waals surface area contributed by atoms with E-state index in [1.54, 1.807) is 17.3 Å². The van der Waals surface area contributed by atoms with Gasteiger partial charge >= 0.3 is 6.03 Å². The van der Waals surface area contributed by atoms with Gasteiger partial charge in [0, 0.05) is 25.5 Å². The maximum absolute atomic E-state index is 12.4. The third-order valence-electron chi connectivity index (χ3n) is 3.09. The van der Waals surface area contributed by atoms with Gasteiger partial charge in [-0.2, -0.15) is 0 Å². The van der Waals surface area contributed by atoms with Crippen molar-refractivity contribution in [2.75, 3.05) is 13.1 Å². The van der Waals surface area contributed by atoms with Gasteiger partial charge in [-0.25, -0.2) is 9.78 Å². The summed E-state index contributed by atoms with van der Waals surface area (Å²) in [6, 6.07) is -0.604. The maximum Gasteiger partial charge on any atom is 0.318 e. The van der Waals surface area contributed by atoms with Crippen molar-refractivity contribution >= 4 is 11.9 Å². The van der Waals surface area contributed by atoms with Gasteiger partial charge in [-0.1, -0.05) is 13.8 Å². The number of nitrogens with one attached hydrogen (secondary N) is 1. The van der Waals surface area contributed by atoms with Crippen LogP contribution in [0.4, 0.5) is 4.79 Å². The summed E-state index contributed by atoms with van der Waals surface area (Å²) in [6.07, 6.45) is 5.51. The number of nitrogens with zero attached hydrogens (tertiary/aromatic N) is 3. The Morgan fingerprint density at radius 1 is 1.50 bits per heavy atom. The summed E-state index contributed by atoms with van der Waals surface area (Å²) in [5.41, 5.74) is 0. The molecule has 2 heterocycles. The Morgan fingerprint density at radius 3 is 2.83 bits per heavy atom. The molecule has 1 aromatic heterocycles. The van der Waals surface area contributed by atoms with E-state index in [0.717, 1.165) is 6.42 Å². The van der Waals surface area contributed by atoms with E-state index < -0.39 is 6.04 Å². The molecule has 0 saturated carbocycles. The molecule has 1 aliphatic rings. The molecule has 2 amide bonds. The first kappa shape index (κ1) is 12.6. The lowest BCUT2D eigenvalue weighted by Crippen LogP contribution is -2.56. The van der Waals surface area contributed by atoms with Crippen LogP contribution in [0.2, 0.25) is 0 Å². The number of urea groups is 1. The van der Waals surface area contributed by atoms with Gasteiger partial charge in [-0.15, -0.1) is 0 Å². The highest BCUT2D eigenvalue weighted by atomic mass is 16.2. The number of rotatable bonds is 3. The largest absolute Gasteiger partial charge is 0.338 e. The van der Waals surface area contributed by atoms with Crippen LogP contribution in [0.3, 0.4) is 0 Å². The number of carbonyl (C=O) groups is 2. The Labute approximate surface area is 106 Å². The van der Waals surface area contributed by atoms with E-state index in [4.69, 9.17) is 0 Å². The molecule has 0 aliphatic carbocycles. The lowest BCUT2D eigenvalue weighted by Gasteiger charge is -2.35. The van der Waals surface area contributed by atoms with Crippen molar-refractivity contribution in [2.24, 2.45) is 5.92 Å². The van der Waals surface area contributed by atoms with Gasteiger partial charge < -0.3 is 10.2 Å². The minimum Gasteiger partial charge on any atom is -0.338 e. The van der Waals surface area contributed by atoms with Gasteiger partial charge in [0.2, 0.25) is 0 Å². The fourth-order valence-corrected chi connectivity index (χ4v) is 2.23. The normalized spacial score (nSPS) is 17.7. The Hall–Kier alpha value is -1.85. The highest BCUT2D eigenvalue weighted by Crippen LogP contribution is 2.16. The molecule has 1 fully saturated rings. The number of imidazole rings is 1. The summed E-state index contributed by atoms with van der Waals surface area (Å²) in [6.45, 7) is 5.19. The van der Waals surface area contributed by atoms with Crippen LogP contribution in [0.1, 0.15) is 25.1 Å². The van der Waals surface area contributed by atoms with E-state index in [-0.39, 0.29) is 17.9 Å². The first-order chi connectivity index (χ1) is 8.61. The average molecular weight is 250 g/mol. The molecule has 6 nitrogen and oxygen atoms in total. The summed E-state index contributed by atoms with van der Waals surface area (Å²) in [5, 5.41) is 2.78. The number of hydrogen-bond acceptors (Lipinski definition) is 3. The van der Waals surface area contributed by atoms with Crippen LogP contribution in [0.25, 0.3) is 0 Å². The molecular formula is C12H18N4O2. The summed E-state index contributed by atoms with van der Waals surface area (Å²) >= 11 is 0. The fraction of sp³-hybridized carbons (Fsp3) is 0.583. The van der Waals surface area contributed by atoms with E-state index in [1.165, 1.54) is 10.9 Å². The highest BCUT2D eigenvalue weighted by molar-refractivity contribution is 5.89. The number of aromatic nitrogens is 2. The minimum absolute atomic E-state index is 0.0590. The van der Waals surface area contributed by atoms with Crippen LogP contribution in [-0.2, 0) is 0 Å². The first-order valence-corrected chi connectivity index (χ1v) is 6.18. The second-order valence-electron chi connectivity index (χ2n) is 4.78. The summed E-state index contributed by atoms with van der Waals surface area (Å²) in [4.78, 5) is 29.7. The first-order valence-electron chi connectivity index (χ1n) is 6.18. The van der Waals surface area contributed by atoms with E-state index in [0.29, 0.717) is 13.1 Å². The van der Waals surface area contributed by atoms with Gasteiger partial charge in [0.05, 0.1) is 0 Å². The molecule has 98 valence electrons. The van der Waals surface area contributed by atoms with Crippen molar-refractivity contribution in [3.8, 4) is 0 Å². The third kappa shape index (κ3) is 2.37. The molecule has 0 unspecified atom stereocenters. The van der Waals surface area contributed by atoms with Gasteiger partial charge in [0.15, 0.2) is 0 Å². The van der Waals surface area contributed by atoms with E-state index in [2.05, 4.69) is 10.3 Å². The molecule has 0 radical (unpaired) electrons. The number of carbonyl (C=O) groups excluding carboxylic acids is 2. The lowest BCUT2D eigenvalue weighted by molar-refractivity contribution is 0.0686. The smallest absolute Gasteiger partial charge is 0.318 e. The topological polar surface area (TPSA) is 67.2 Å². The zero-order valence-corrected chi connectivity index (χ0v) is 10.7. The van der Waals surface area contributed by atoms with Crippen molar-refractivity contribution in [2.45, 2.75) is 26.3 Å². The van der Waals surface area contributed by atoms with Gasteiger partial charge in [-0.05, 0) is 12.3 Å². The zero-order chi connectivity index (χ0) is 13.1. The van der Waals surface area contributed by atoms with E-state index >= 15 is 0 Å². The second kappa shape index (κ2) is 5.20. The van der Waals surface area contributed by atoms with Gasteiger partial charge in [-0.3, -0.25) is 9.36 Å². The van der Waals surface area contributed by atoms with Crippen molar-refractivity contribution in [3.63, 3.8) is 0 Å². The second-order valence-corrected chi connectivity index (χ2v) is 4.78. The van der Waals surface area contributed by atoms with Crippen molar-refractivity contribution in [1.29, 1.82) is 0 Å². The standard InChI is InChI=1S/C12H18N4O2/c1-9(2)10(11(17)15-7-5-13-8-15)16-6-3-4-14-12(16)18/h5,7-10H,3-4,6H2,1-2H3,(H,14,18)/t10-/m1/s1. The summed E-state index contributed by atoms with van der Waals surface area (Å²) in [7, 11) is 0. The molecule has 18 heavy (non-hydrogen) atoms. The molecule has 1 aromatic rings. The molecule has 0 aromatic carbocycles. The molecule has 6 heteroatoms. The average Bonchev–Trinajstić information content (AvgIpc) is 2.85. The van der Waals surface area contributed by atoms with Crippen molar-refractivity contribution in [3.05, 3.63) is 18.7 Å². The van der Waals surface area contributed by atoms with Crippen LogP contribution < -0.4 is 5.32 Å². The molecule has 0 spiro atoms. The monoisotopic (exact) mass is 250 g/mol. The predicted molar refractivity (Wildman–Crippen MR) is 66.2 cm³/mol. The van der Waals surface area contributed by atoms with Gasteiger partial charge in [0.25, 0.3) is 5.91 Å². The maximum atomic E-state index is 12.4. The lowest BCUT2D eigenvalue weighted by atomic mass is 10.0. The van der Waals surface area contributed by atoms with Crippen LogP contribution >= 0.6 is 0 Å². The van der Waals surface area contributed by atoms with Crippen molar-refractivity contribution < 1.29 is 9.59 Å². The van der Waals surface area contributed by atoms with Crippen molar-refractivity contribution in [1.82, 2.24) is 19.8 Å². The van der Waals surface area contributed by atoms with Crippen LogP contribution in [0.15, 0.2) is 18.7 Å². The molecule has 1 saturated heterocycles. The Kier molecular flexibility index (Phi) is 3.64. The van der Waals surface area contributed by atoms with Crippen LogP contribution in [-0.4, -0.2) is 45.5 Å². The Balaban J connectivity index is 2.22. The molecule has 2 rings (SSSR count). The SMILES string of the molecule is CC(C)[C@H](C(=O)n1ccnc1)N1CCCNC1=O. The van der Waals surface area contributed by atoms with Crippen LogP contribution in [0, 0.1) is 5.92 Å². The minimum atomic E-state index is -0.445. The fourth-order valence-electron chi connectivity index (χ4n) is 2.23. The molecule has 1 atom stereocenters. The predicted octanol–water partition coefficient (Wildman–Crippen LogP) is 0.963. The third-order valence-corrected chi connectivity index (χ3v) is 3.09. The van der Waals surface area contributed by atoms with E-state index in [9.17, 15) is 9.59 Å². The molecule has 0 bridgehead atoms. The van der Waals surface area contributed by atoms with Gasteiger partial charge in [0.1, 0.15) is 12.4 Å². The zero-order valence-electron chi connectivity index (χ0n) is 10.7. The Morgan fingerprint density at radius 2 is 2.28 bits per heavy atom. The quantitative estimate of drug-likeness (QED) is 0.869. The number of hydrogen-bond donors (Lipinski definition) is 1. The molecule has 1 N–H and O–H groups in total. The molecular weight excluding hydrogens is 232 g/mol. The number of amides is 2. The summed E-state index contributed by atoms with van der Waals surface area (Å²) < 4.78 is 1.44. The molecule has 1 aliphatic heterocycles. The Bertz CT molecular complexity index is 427. The van der Waals surface area contributed by atoms with E-state index in [1.807, 2.05) is 13.8 Å².